The van der Waals surface area contributed by atoms with Gasteiger partial charge in [0.2, 0.25) is 0 Å². The number of halogens is 3. The molecule has 0 heterocycles. The number of hydrogen-bond donors (Lipinski definition) is 1. The lowest BCUT2D eigenvalue weighted by atomic mass is 10.1. The Morgan fingerprint density at radius 1 is 1.28 bits per heavy atom. The molecule has 0 aliphatic rings. The van der Waals surface area contributed by atoms with E-state index in [-0.39, 0.29) is 5.75 Å². The smallest absolute Gasteiger partial charge is 0.425 e. The lowest BCUT2D eigenvalue weighted by molar-refractivity contribution is -0.189. The summed E-state index contributed by atoms with van der Waals surface area (Å²) < 4.78 is 46.6. The molecule has 2 atom stereocenters. The van der Waals surface area contributed by atoms with Gasteiger partial charge in [0.1, 0.15) is 5.75 Å². The molecule has 0 aliphatic heterocycles. The Morgan fingerprint density at radius 2 is 1.89 bits per heavy atom. The molecule has 0 saturated carbocycles. The molecule has 3 nitrogen and oxygen atoms in total. The molecule has 0 bridgehead atoms. The Morgan fingerprint density at radius 3 is 2.33 bits per heavy atom. The summed E-state index contributed by atoms with van der Waals surface area (Å²) in [4.78, 5) is 0. The van der Waals surface area contributed by atoms with E-state index in [1.165, 1.54) is 25.3 Å². The summed E-state index contributed by atoms with van der Waals surface area (Å²) in [6.07, 6.45) is -7.39. The van der Waals surface area contributed by atoms with E-state index < -0.39 is 18.6 Å². The second-order valence-electron chi connectivity index (χ2n) is 3.91. The number of benzene rings is 1. The number of hydrogen-bond acceptors (Lipinski definition) is 3. The standard InChI is InChI=1S/C12H15F3O3/c1-7-6-9(11(16)17-3)4-5-10(7)18-8(2)12(13,14)15/h4-6,8,11,16H,1-3H3/t8-,11?/m0/s1. The van der Waals surface area contributed by atoms with Crippen molar-refractivity contribution in [1.29, 1.82) is 0 Å². The van der Waals surface area contributed by atoms with Gasteiger partial charge in [0.05, 0.1) is 0 Å². The van der Waals surface area contributed by atoms with Gasteiger partial charge in [-0.05, 0) is 31.5 Å². The largest absolute Gasteiger partial charge is 0.481 e. The summed E-state index contributed by atoms with van der Waals surface area (Å²) >= 11 is 0. The molecule has 0 amide bonds. The third-order valence-electron chi connectivity index (χ3n) is 2.47. The van der Waals surface area contributed by atoms with Gasteiger partial charge in [-0.3, -0.25) is 0 Å². The van der Waals surface area contributed by atoms with Gasteiger partial charge in [0, 0.05) is 12.7 Å². The van der Waals surface area contributed by atoms with Gasteiger partial charge in [-0.15, -0.1) is 0 Å². The van der Waals surface area contributed by atoms with Crippen LogP contribution in [-0.4, -0.2) is 24.5 Å². The van der Waals surface area contributed by atoms with E-state index >= 15 is 0 Å². The quantitative estimate of drug-likeness (QED) is 0.850. The van der Waals surface area contributed by atoms with Crippen LogP contribution in [0.15, 0.2) is 18.2 Å². The fourth-order valence-electron chi connectivity index (χ4n) is 1.35. The van der Waals surface area contributed by atoms with E-state index in [4.69, 9.17) is 9.47 Å². The first-order valence-corrected chi connectivity index (χ1v) is 5.30. The van der Waals surface area contributed by atoms with Crippen molar-refractivity contribution in [3.63, 3.8) is 0 Å². The Hall–Kier alpha value is -1.27. The zero-order chi connectivity index (χ0) is 13.9. The summed E-state index contributed by atoms with van der Waals surface area (Å²) in [6.45, 7) is 2.54. The average molecular weight is 264 g/mol. The average Bonchev–Trinajstić information content (AvgIpc) is 2.29. The minimum Gasteiger partial charge on any atom is -0.481 e. The number of rotatable bonds is 4. The van der Waals surface area contributed by atoms with E-state index in [0.717, 1.165) is 6.92 Å². The van der Waals surface area contributed by atoms with Gasteiger partial charge in [0.15, 0.2) is 12.4 Å². The molecule has 0 radical (unpaired) electrons. The highest BCUT2D eigenvalue weighted by molar-refractivity contribution is 5.36. The number of methoxy groups -OCH3 is 1. The summed E-state index contributed by atoms with van der Waals surface area (Å²) in [5.41, 5.74) is 0.960. The van der Waals surface area contributed by atoms with Crippen molar-refractivity contribution >= 4 is 0 Å². The molecule has 0 aromatic heterocycles. The van der Waals surface area contributed by atoms with Crippen LogP contribution in [0.25, 0.3) is 0 Å². The van der Waals surface area contributed by atoms with Crippen LogP contribution in [-0.2, 0) is 4.74 Å². The van der Waals surface area contributed by atoms with E-state index in [2.05, 4.69) is 0 Å². The lowest BCUT2D eigenvalue weighted by Crippen LogP contribution is -2.31. The Kier molecular flexibility index (Phi) is 4.59. The zero-order valence-corrected chi connectivity index (χ0v) is 10.3. The topological polar surface area (TPSA) is 38.7 Å². The van der Waals surface area contributed by atoms with Gasteiger partial charge in [-0.2, -0.15) is 13.2 Å². The highest BCUT2D eigenvalue weighted by Gasteiger charge is 2.38. The molecule has 18 heavy (non-hydrogen) atoms. The Labute approximate surface area is 103 Å². The van der Waals surface area contributed by atoms with Crippen LogP contribution >= 0.6 is 0 Å². The Bertz CT molecular complexity index is 404. The molecule has 1 unspecified atom stereocenters. The van der Waals surface area contributed by atoms with Gasteiger partial charge in [-0.25, -0.2) is 0 Å². The first kappa shape index (κ1) is 14.8. The minimum atomic E-state index is -4.41. The van der Waals surface area contributed by atoms with E-state index in [1.54, 1.807) is 6.92 Å². The first-order valence-electron chi connectivity index (χ1n) is 5.30. The maximum absolute atomic E-state index is 12.3. The maximum atomic E-state index is 12.3. The molecule has 1 aromatic rings. The van der Waals surface area contributed by atoms with Crippen LogP contribution in [0, 0.1) is 6.92 Å². The Balaban J connectivity index is 2.87. The normalized spacial score (nSPS) is 15.3. The number of alkyl halides is 3. The third kappa shape index (κ3) is 3.61. The van der Waals surface area contributed by atoms with Crippen molar-refractivity contribution in [3.8, 4) is 5.75 Å². The van der Waals surface area contributed by atoms with Crippen LogP contribution < -0.4 is 4.74 Å². The monoisotopic (exact) mass is 264 g/mol. The molecule has 1 aromatic carbocycles. The van der Waals surface area contributed by atoms with Crippen LogP contribution in [0.5, 0.6) is 5.75 Å². The van der Waals surface area contributed by atoms with Crippen LogP contribution in [0.4, 0.5) is 13.2 Å². The van der Waals surface area contributed by atoms with Crippen molar-refractivity contribution in [2.45, 2.75) is 32.4 Å². The molecule has 6 heteroatoms. The van der Waals surface area contributed by atoms with Crippen molar-refractivity contribution in [2.75, 3.05) is 7.11 Å². The van der Waals surface area contributed by atoms with Gasteiger partial charge >= 0.3 is 6.18 Å². The predicted molar refractivity (Wildman–Crippen MR) is 59.3 cm³/mol. The molecular formula is C12H15F3O3. The summed E-state index contributed by atoms with van der Waals surface area (Å²) in [5.74, 6) is 0.131. The van der Waals surface area contributed by atoms with Crippen molar-refractivity contribution in [2.24, 2.45) is 0 Å². The molecule has 0 fully saturated rings. The first-order chi connectivity index (χ1) is 8.25. The molecule has 1 N–H and O–H groups in total. The summed E-state index contributed by atoms with van der Waals surface area (Å²) in [6, 6.07) is 4.36. The molecule has 102 valence electrons. The maximum Gasteiger partial charge on any atom is 0.425 e. The van der Waals surface area contributed by atoms with E-state index in [0.29, 0.717) is 11.1 Å². The third-order valence-corrected chi connectivity index (χ3v) is 2.47. The molecule has 0 spiro atoms. The van der Waals surface area contributed by atoms with E-state index in [9.17, 15) is 18.3 Å². The number of aryl methyl sites for hydroxylation is 1. The summed E-state index contributed by atoms with van der Waals surface area (Å²) in [5, 5.41) is 9.41. The van der Waals surface area contributed by atoms with Gasteiger partial charge in [-0.1, -0.05) is 6.07 Å². The highest BCUT2D eigenvalue weighted by atomic mass is 19.4. The number of aliphatic hydroxyl groups is 1. The van der Waals surface area contributed by atoms with Crippen molar-refractivity contribution in [1.82, 2.24) is 0 Å². The number of ether oxygens (including phenoxy) is 2. The fraction of sp³-hybridized carbons (Fsp3) is 0.500. The lowest BCUT2D eigenvalue weighted by Gasteiger charge is -2.19. The predicted octanol–water partition coefficient (Wildman–Crippen LogP) is 2.96. The van der Waals surface area contributed by atoms with E-state index in [1.807, 2.05) is 0 Å². The number of aliphatic hydroxyl groups excluding tert-OH is 1. The second kappa shape index (κ2) is 5.58. The molecule has 1 rings (SSSR count). The van der Waals surface area contributed by atoms with Gasteiger partial charge < -0.3 is 14.6 Å². The second-order valence-corrected chi connectivity index (χ2v) is 3.91. The molecule has 0 saturated heterocycles. The minimum absolute atomic E-state index is 0.131. The summed E-state index contributed by atoms with van der Waals surface area (Å²) in [7, 11) is 1.33. The fourth-order valence-corrected chi connectivity index (χ4v) is 1.35. The zero-order valence-electron chi connectivity index (χ0n) is 10.3. The van der Waals surface area contributed by atoms with Crippen LogP contribution in [0.2, 0.25) is 0 Å². The van der Waals surface area contributed by atoms with Crippen molar-refractivity contribution < 1.29 is 27.8 Å². The SMILES string of the molecule is COC(O)c1ccc(O[C@@H](C)C(F)(F)F)c(C)c1. The molecular weight excluding hydrogens is 249 g/mol. The molecule has 0 aliphatic carbocycles. The van der Waals surface area contributed by atoms with Crippen molar-refractivity contribution in [3.05, 3.63) is 29.3 Å². The van der Waals surface area contributed by atoms with Crippen LogP contribution in [0.3, 0.4) is 0 Å². The van der Waals surface area contributed by atoms with Crippen LogP contribution in [0.1, 0.15) is 24.3 Å². The highest BCUT2D eigenvalue weighted by Crippen LogP contribution is 2.28. The van der Waals surface area contributed by atoms with Gasteiger partial charge in [0.25, 0.3) is 0 Å².